The van der Waals surface area contributed by atoms with E-state index in [9.17, 15) is 5.11 Å². The molecule has 0 aromatic carbocycles. The Morgan fingerprint density at radius 3 is 2.10 bits per heavy atom. The van der Waals surface area contributed by atoms with Gasteiger partial charge in [0.1, 0.15) is 6.10 Å². The summed E-state index contributed by atoms with van der Waals surface area (Å²) in [5.74, 6) is 0. The van der Waals surface area contributed by atoms with Crippen LogP contribution in [0, 0.1) is 5.41 Å². The van der Waals surface area contributed by atoms with Gasteiger partial charge in [-0.1, -0.05) is 20.8 Å². The molecule has 2 N–H and O–H groups in total. The van der Waals surface area contributed by atoms with Crippen LogP contribution in [0.1, 0.15) is 41.0 Å². The molecular weight excluding hydrogens is 260 g/mol. The van der Waals surface area contributed by atoms with Crippen molar-refractivity contribution in [1.82, 2.24) is 0 Å². The van der Waals surface area contributed by atoms with Crippen molar-refractivity contribution in [3.05, 3.63) is 0 Å². The molecule has 0 aliphatic heterocycles. The molecule has 20 heavy (non-hydrogen) atoms. The van der Waals surface area contributed by atoms with E-state index in [0.29, 0.717) is 19.6 Å². The van der Waals surface area contributed by atoms with Crippen molar-refractivity contribution in [2.45, 2.75) is 58.8 Å². The van der Waals surface area contributed by atoms with Crippen LogP contribution in [-0.4, -0.2) is 61.6 Å². The molecule has 0 bridgehead atoms. The second-order valence-electron chi connectivity index (χ2n) is 6.85. The summed E-state index contributed by atoms with van der Waals surface area (Å²) in [4.78, 5) is 0. The fraction of sp³-hybridized carbons (Fsp3) is 1.00. The van der Waals surface area contributed by atoms with Crippen molar-refractivity contribution in [3.63, 3.8) is 0 Å². The molecule has 0 fully saturated rings. The van der Waals surface area contributed by atoms with Gasteiger partial charge in [0, 0.05) is 13.7 Å². The van der Waals surface area contributed by atoms with E-state index in [2.05, 4.69) is 20.8 Å². The Balaban J connectivity index is 4.20. The molecule has 0 radical (unpaired) electrons. The first-order valence-corrected chi connectivity index (χ1v) is 7.16. The Kier molecular flexibility index (Phi) is 8.86. The third kappa shape index (κ3) is 8.87. The minimum atomic E-state index is -0.810. The minimum absolute atomic E-state index is 0.00121. The third-order valence-electron chi connectivity index (χ3n) is 3.11. The molecule has 0 spiro atoms. The van der Waals surface area contributed by atoms with Gasteiger partial charge in [-0.05, 0) is 25.7 Å². The third-order valence-corrected chi connectivity index (χ3v) is 3.11. The van der Waals surface area contributed by atoms with Crippen molar-refractivity contribution >= 4 is 0 Å². The van der Waals surface area contributed by atoms with Crippen LogP contribution in [0.5, 0.6) is 0 Å². The standard InChI is InChI=1S/C15H32O5/c1-14(2,3)13(11-18-6)20-15(4,5)7-8-19-10-12(17)9-16/h12-13,16-17H,7-11H2,1-6H3. The quantitative estimate of drug-likeness (QED) is 0.599. The topological polar surface area (TPSA) is 68.2 Å². The maximum atomic E-state index is 9.19. The van der Waals surface area contributed by atoms with Gasteiger partial charge in [-0.3, -0.25) is 0 Å². The maximum absolute atomic E-state index is 9.19. The predicted molar refractivity (Wildman–Crippen MR) is 78.8 cm³/mol. The van der Waals surface area contributed by atoms with Crippen LogP contribution in [0.2, 0.25) is 0 Å². The van der Waals surface area contributed by atoms with E-state index in [-0.39, 0.29) is 30.3 Å². The smallest absolute Gasteiger partial charge is 0.100 e. The van der Waals surface area contributed by atoms with E-state index >= 15 is 0 Å². The Morgan fingerprint density at radius 2 is 1.65 bits per heavy atom. The number of ether oxygens (including phenoxy) is 3. The van der Waals surface area contributed by atoms with Crippen LogP contribution in [0.3, 0.4) is 0 Å². The van der Waals surface area contributed by atoms with E-state index < -0.39 is 6.10 Å². The van der Waals surface area contributed by atoms with E-state index in [4.69, 9.17) is 19.3 Å². The molecule has 0 aliphatic rings. The van der Waals surface area contributed by atoms with Gasteiger partial charge in [-0.25, -0.2) is 0 Å². The summed E-state index contributed by atoms with van der Waals surface area (Å²) in [5.41, 5.74) is -0.331. The van der Waals surface area contributed by atoms with Gasteiger partial charge in [-0.2, -0.15) is 0 Å². The summed E-state index contributed by atoms with van der Waals surface area (Å²) in [6, 6.07) is 0. The summed E-state index contributed by atoms with van der Waals surface area (Å²) in [5, 5.41) is 17.9. The van der Waals surface area contributed by atoms with Gasteiger partial charge in [-0.15, -0.1) is 0 Å². The molecule has 2 atom stereocenters. The lowest BCUT2D eigenvalue weighted by atomic mass is 9.88. The largest absolute Gasteiger partial charge is 0.394 e. The maximum Gasteiger partial charge on any atom is 0.100 e. The summed E-state index contributed by atoms with van der Waals surface area (Å²) in [6.07, 6.45) is -0.0954. The van der Waals surface area contributed by atoms with Gasteiger partial charge in [0.2, 0.25) is 0 Å². The Morgan fingerprint density at radius 1 is 1.05 bits per heavy atom. The van der Waals surface area contributed by atoms with Crippen molar-refractivity contribution in [2.75, 3.05) is 33.5 Å². The second kappa shape index (κ2) is 8.95. The number of aliphatic hydroxyl groups excluding tert-OH is 2. The average molecular weight is 292 g/mol. The Hall–Kier alpha value is -0.200. The molecular formula is C15H32O5. The lowest BCUT2D eigenvalue weighted by molar-refractivity contribution is -0.145. The zero-order chi connectivity index (χ0) is 15.8. The molecule has 5 heteroatoms. The molecule has 0 saturated carbocycles. The first kappa shape index (κ1) is 19.8. The molecule has 0 aliphatic carbocycles. The highest BCUT2D eigenvalue weighted by molar-refractivity contribution is 4.79. The lowest BCUT2D eigenvalue weighted by Crippen LogP contribution is -2.41. The van der Waals surface area contributed by atoms with E-state index in [1.54, 1.807) is 7.11 Å². The highest BCUT2D eigenvalue weighted by Crippen LogP contribution is 2.28. The molecule has 0 aromatic rings. The van der Waals surface area contributed by atoms with Crippen LogP contribution in [0.15, 0.2) is 0 Å². The number of aliphatic hydroxyl groups is 2. The highest BCUT2D eigenvalue weighted by Gasteiger charge is 2.31. The number of methoxy groups -OCH3 is 1. The van der Waals surface area contributed by atoms with Crippen molar-refractivity contribution in [1.29, 1.82) is 0 Å². The zero-order valence-corrected chi connectivity index (χ0v) is 13.8. The van der Waals surface area contributed by atoms with Crippen LogP contribution in [0.4, 0.5) is 0 Å². The minimum Gasteiger partial charge on any atom is -0.394 e. The molecule has 0 amide bonds. The monoisotopic (exact) mass is 292 g/mol. The van der Waals surface area contributed by atoms with Crippen molar-refractivity contribution < 1.29 is 24.4 Å². The van der Waals surface area contributed by atoms with Gasteiger partial charge in [0.15, 0.2) is 0 Å². The first-order valence-electron chi connectivity index (χ1n) is 7.16. The van der Waals surface area contributed by atoms with Gasteiger partial charge < -0.3 is 24.4 Å². The van der Waals surface area contributed by atoms with Crippen LogP contribution >= 0.6 is 0 Å². The fourth-order valence-electron chi connectivity index (χ4n) is 1.65. The number of hydrogen-bond acceptors (Lipinski definition) is 5. The molecule has 0 heterocycles. The first-order chi connectivity index (χ1) is 9.12. The molecule has 2 unspecified atom stereocenters. The van der Waals surface area contributed by atoms with E-state index in [0.717, 1.165) is 0 Å². The molecule has 122 valence electrons. The zero-order valence-electron chi connectivity index (χ0n) is 13.8. The summed E-state index contributed by atoms with van der Waals surface area (Å²) in [7, 11) is 1.68. The molecule has 0 aromatic heterocycles. The van der Waals surface area contributed by atoms with Crippen LogP contribution in [0.25, 0.3) is 0 Å². The normalized spacial score (nSPS) is 16.2. The van der Waals surface area contributed by atoms with Crippen LogP contribution < -0.4 is 0 Å². The average Bonchev–Trinajstić information content (AvgIpc) is 2.32. The van der Waals surface area contributed by atoms with Gasteiger partial charge >= 0.3 is 0 Å². The molecule has 0 rings (SSSR count). The van der Waals surface area contributed by atoms with Gasteiger partial charge in [0.05, 0.1) is 31.5 Å². The summed E-state index contributed by atoms with van der Waals surface area (Å²) < 4.78 is 16.7. The molecule has 5 nitrogen and oxygen atoms in total. The summed E-state index contributed by atoms with van der Waals surface area (Å²) in [6.45, 7) is 11.3. The van der Waals surface area contributed by atoms with Crippen molar-refractivity contribution in [2.24, 2.45) is 5.41 Å². The summed E-state index contributed by atoms with van der Waals surface area (Å²) >= 11 is 0. The second-order valence-corrected chi connectivity index (χ2v) is 6.85. The SMILES string of the molecule is COCC(OC(C)(C)CCOCC(O)CO)C(C)(C)C. The molecule has 0 saturated heterocycles. The number of hydrogen-bond donors (Lipinski definition) is 2. The van der Waals surface area contributed by atoms with E-state index in [1.165, 1.54) is 0 Å². The predicted octanol–water partition coefficient (Wildman–Crippen LogP) is 1.60. The fourth-order valence-corrected chi connectivity index (χ4v) is 1.65. The Labute approximate surface area is 123 Å². The van der Waals surface area contributed by atoms with Crippen LogP contribution in [-0.2, 0) is 14.2 Å². The van der Waals surface area contributed by atoms with E-state index in [1.807, 2.05) is 13.8 Å². The number of rotatable bonds is 10. The highest BCUT2D eigenvalue weighted by atomic mass is 16.5. The van der Waals surface area contributed by atoms with Gasteiger partial charge in [0.25, 0.3) is 0 Å². The Bertz CT molecular complexity index is 247. The lowest BCUT2D eigenvalue weighted by Gasteiger charge is -2.37. The van der Waals surface area contributed by atoms with Crippen molar-refractivity contribution in [3.8, 4) is 0 Å².